The third-order valence-corrected chi connectivity index (χ3v) is 3.47. The van der Waals surface area contributed by atoms with Gasteiger partial charge in [0.25, 0.3) is 0 Å². The molecule has 0 atom stereocenters. The van der Waals surface area contributed by atoms with Crippen molar-refractivity contribution < 1.29 is 8.78 Å². The summed E-state index contributed by atoms with van der Waals surface area (Å²) in [5.41, 5.74) is 2.29. The number of halogens is 3. The summed E-state index contributed by atoms with van der Waals surface area (Å²) in [7, 11) is 0. The second-order valence-electron chi connectivity index (χ2n) is 4.27. The van der Waals surface area contributed by atoms with Crippen molar-refractivity contribution in [2.45, 2.75) is 6.42 Å². The fraction of sp³-hybridized carbons (Fsp3) is 0.0714. The van der Waals surface area contributed by atoms with E-state index < -0.39 is 0 Å². The van der Waals surface area contributed by atoms with Crippen molar-refractivity contribution in [3.05, 3.63) is 63.9 Å². The van der Waals surface area contributed by atoms with Crippen LogP contribution in [0.1, 0.15) is 11.4 Å². The Balaban J connectivity index is 1.95. The number of imidazole rings is 1. The lowest BCUT2D eigenvalue weighted by molar-refractivity contribution is 0.623. The van der Waals surface area contributed by atoms with Crippen LogP contribution in [0.5, 0.6) is 0 Å². The number of hydrogen-bond donors (Lipinski definition) is 1. The average molecular weight is 323 g/mol. The van der Waals surface area contributed by atoms with Gasteiger partial charge in [0.05, 0.1) is 15.5 Å². The Labute approximate surface area is 116 Å². The molecule has 96 valence electrons. The van der Waals surface area contributed by atoms with Crippen molar-refractivity contribution in [3.63, 3.8) is 0 Å². The van der Waals surface area contributed by atoms with Gasteiger partial charge in [0.15, 0.2) is 0 Å². The lowest BCUT2D eigenvalue weighted by Crippen LogP contribution is -1.90. The number of fused-ring (bicyclic) bond motifs is 1. The normalized spacial score (nSPS) is 11.1. The van der Waals surface area contributed by atoms with Crippen LogP contribution in [0.4, 0.5) is 8.78 Å². The Bertz CT molecular complexity index is 696. The summed E-state index contributed by atoms with van der Waals surface area (Å²) < 4.78 is 26.6. The molecule has 5 heteroatoms. The second-order valence-corrected chi connectivity index (χ2v) is 5.12. The summed E-state index contributed by atoms with van der Waals surface area (Å²) in [6.07, 6.45) is 0.550. The zero-order chi connectivity index (χ0) is 13.4. The summed E-state index contributed by atoms with van der Waals surface area (Å²) in [4.78, 5) is 7.45. The lowest BCUT2D eigenvalue weighted by atomic mass is 10.1. The van der Waals surface area contributed by atoms with Crippen LogP contribution in [0.15, 0.2) is 40.9 Å². The summed E-state index contributed by atoms with van der Waals surface area (Å²) in [6.45, 7) is 0. The Morgan fingerprint density at radius 3 is 2.58 bits per heavy atom. The van der Waals surface area contributed by atoms with Crippen LogP contribution >= 0.6 is 15.9 Å². The molecule has 0 unspecified atom stereocenters. The topological polar surface area (TPSA) is 28.7 Å². The molecule has 0 fully saturated rings. The molecule has 0 saturated carbocycles. The van der Waals surface area contributed by atoms with E-state index in [2.05, 4.69) is 25.9 Å². The van der Waals surface area contributed by atoms with Crippen molar-refractivity contribution in [1.82, 2.24) is 9.97 Å². The molecule has 3 aromatic rings. The second kappa shape index (κ2) is 4.74. The summed E-state index contributed by atoms with van der Waals surface area (Å²) in [6, 6.07) is 9.27. The van der Waals surface area contributed by atoms with Gasteiger partial charge >= 0.3 is 0 Å². The Hall–Kier alpha value is -1.75. The molecule has 2 aromatic carbocycles. The first kappa shape index (κ1) is 12.3. The lowest BCUT2D eigenvalue weighted by Gasteiger charge is -1.97. The molecular formula is C14H9BrF2N2. The molecule has 0 spiro atoms. The van der Waals surface area contributed by atoms with Gasteiger partial charge in [-0.25, -0.2) is 13.8 Å². The first-order chi connectivity index (χ1) is 9.11. The van der Waals surface area contributed by atoms with E-state index in [1.807, 2.05) is 0 Å². The van der Waals surface area contributed by atoms with E-state index >= 15 is 0 Å². The van der Waals surface area contributed by atoms with Gasteiger partial charge in [0.2, 0.25) is 0 Å². The van der Waals surface area contributed by atoms with Crippen LogP contribution in [0.25, 0.3) is 11.0 Å². The molecule has 0 aliphatic carbocycles. The number of aromatic amines is 1. The molecule has 0 saturated heterocycles. The highest BCUT2D eigenvalue weighted by Gasteiger charge is 2.08. The van der Waals surface area contributed by atoms with Gasteiger partial charge in [0, 0.05) is 12.5 Å². The van der Waals surface area contributed by atoms with Gasteiger partial charge < -0.3 is 4.98 Å². The van der Waals surface area contributed by atoms with Crippen LogP contribution in [0.2, 0.25) is 0 Å². The van der Waals surface area contributed by atoms with Crippen LogP contribution in [0, 0.1) is 11.6 Å². The maximum atomic E-state index is 13.4. The van der Waals surface area contributed by atoms with E-state index in [9.17, 15) is 8.78 Å². The molecule has 2 nitrogen and oxygen atoms in total. The molecule has 1 aromatic heterocycles. The highest BCUT2D eigenvalue weighted by atomic mass is 79.9. The van der Waals surface area contributed by atoms with Crippen LogP contribution in [-0.4, -0.2) is 9.97 Å². The van der Waals surface area contributed by atoms with E-state index in [1.54, 1.807) is 18.2 Å². The number of rotatable bonds is 2. The van der Waals surface area contributed by atoms with Gasteiger partial charge in [-0.15, -0.1) is 0 Å². The summed E-state index contributed by atoms with van der Waals surface area (Å²) in [5, 5.41) is 0. The monoisotopic (exact) mass is 322 g/mol. The van der Waals surface area contributed by atoms with Crippen molar-refractivity contribution in [3.8, 4) is 0 Å². The predicted molar refractivity (Wildman–Crippen MR) is 73.0 cm³/mol. The molecule has 3 rings (SSSR count). The first-order valence-electron chi connectivity index (χ1n) is 5.70. The number of aromatic nitrogens is 2. The fourth-order valence-corrected chi connectivity index (χ4v) is 2.27. The molecule has 0 bridgehead atoms. The molecular weight excluding hydrogens is 314 g/mol. The van der Waals surface area contributed by atoms with E-state index in [-0.39, 0.29) is 11.6 Å². The Morgan fingerprint density at radius 2 is 1.84 bits per heavy atom. The molecule has 1 heterocycles. The smallest absolute Gasteiger partial charge is 0.139 e. The highest BCUT2D eigenvalue weighted by molar-refractivity contribution is 9.10. The molecule has 0 radical (unpaired) electrons. The zero-order valence-electron chi connectivity index (χ0n) is 9.75. The van der Waals surface area contributed by atoms with Gasteiger partial charge in [-0.05, 0) is 39.7 Å². The predicted octanol–water partition coefficient (Wildman–Crippen LogP) is 4.19. The number of benzene rings is 2. The third-order valence-electron chi connectivity index (χ3n) is 2.86. The van der Waals surface area contributed by atoms with E-state index in [0.717, 1.165) is 11.4 Å². The standard InChI is InChI=1S/C14H9BrF2N2/c15-10-6-12-13(7-11(10)17)19-14(18-12)5-8-1-3-9(16)4-2-8/h1-4,6-7H,5H2,(H,18,19). The van der Waals surface area contributed by atoms with Crippen LogP contribution < -0.4 is 0 Å². The van der Waals surface area contributed by atoms with Crippen LogP contribution in [0.3, 0.4) is 0 Å². The van der Waals surface area contributed by atoms with Gasteiger partial charge in [-0.3, -0.25) is 0 Å². The van der Waals surface area contributed by atoms with Gasteiger partial charge in [-0.2, -0.15) is 0 Å². The molecule has 0 aliphatic rings. The molecule has 0 aliphatic heterocycles. The number of nitrogens with one attached hydrogen (secondary N) is 1. The minimum absolute atomic E-state index is 0.264. The van der Waals surface area contributed by atoms with Crippen molar-refractivity contribution >= 4 is 27.0 Å². The maximum Gasteiger partial charge on any atom is 0.139 e. The van der Waals surface area contributed by atoms with E-state index in [0.29, 0.717) is 21.9 Å². The molecule has 0 amide bonds. The van der Waals surface area contributed by atoms with Gasteiger partial charge in [0.1, 0.15) is 17.5 Å². The van der Waals surface area contributed by atoms with Crippen molar-refractivity contribution in [2.24, 2.45) is 0 Å². The SMILES string of the molecule is Fc1ccc(Cc2nc3cc(Br)c(F)cc3[nH]2)cc1. The Morgan fingerprint density at radius 1 is 1.11 bits per heavy atom. The fourth-order valence-electron chi connectivity index (χ4n) is 1.94. The summed E-state index contributed by atoms with van der Waals surface area (Å²) in [5.74, 6) is 0.128. The van der Waals surface area contributed by atoms with Crippen molar-refractivity contribution in [1.29, 1.82) is 0 Å². The van der Waals surface area contributed by atoms with E-state index in [1.165, 1.54) is 18.2 Å². The number of H-pyrrole nitrogens is 1. The molecule has 19 heavy (non-hydrogen) atoms. The number of hydrogen-bond acceptors (Lipinski definition) is 1. The largest absolute Gasteiger partial charge is 0.342 e. The number of nitrogens with zero attached hydrogens (tertiary/aromatic N) is 1. The van der Waals surface area contributed by atoms with Gasteiger partial charge in [-0.1, -0.05) is 12.1 Å². The Kier molecular flexibility index (Phi) is 3.06. The average Bonchev–Trinajstić information content (AvgIpc) is 2.74. The zero-order valence-corrected chi connectivity index (χ0v) is 11.3. The van der Waals surface area contributed by atoms with E-state index in [4.69, 9.17) is 0 Å². The third kappa shape index (κ3) is 2.51. The minimum Gasteiger partial charge on any atom is -0.342 e. The van der Waals surface area contributed by atoms with Crippen LogP contribution in [-0.2, 0) is 6.42 Å². The quantitative estimate of drug-likeness (QED) is 0.752. The summed E-state index contributed by atoms with van der Waals surface area (Å²) >= 11 is 3.13. The first-order valence-corrected chi connectivity index (χ1v) is 6.49. The minimum atomic E-state index is -0.329. The molecule has 1 N–H and O–H groups in total. The highest BCUT2D eigenvalue weighted by Crippen LogP contribution is 2.22. The van der Waals surface area contributed by atoms with Crippen molar-refractivity contribution in [2.75, 3.05) is 0 Å². The maximum absolute atomic E-state index is 13.4.